The highest BCUT2D eigenvalue weighted by Gasteiger charge is 2.16. The summed E-state index contributed by atoms with van der Waals surface area (Å²) >= 11 is 0. The number of benzene rings is 2. The number of aromatic nitrogens is 3. The Bertz CT molecular complexity index is 1250. The summed E-state index contributed by atoms with van der Waals surface area (Å²) in [7, 11) is 0. The number of fused-ring (bicyclic) bond motifs is 1. The van der Waals surface area contributed by atoms with E-state index in [1.54, 1.807) is 18.5 Å². The first-order valence-corrected chi connectivity index (χ1v) is 10.4. The maximum Gasteiger partial charge on any atom is 0.141 e. The molecule has 5 nitrogen and oxygen atoms in total. The first-order valence-electron chi connectivity index (χ1n) is 10.4. The normalized spacial score (nSPS) is 15.0. The van der Waals surface area contributed by atoms with Crippen LogP contribution >= 0.6 is 0 Å². The highest BCUT2D eigenvalue weighted by Crippen LogP contribution is 2.32. The number of hydrogen-bond acceptors (Lipinski definition) is 4. The predicted molar refractivity (Wildman–Crippen MR) is 120 cm³/mol. The summed E-state index contributed by atoms with van der Waals surface area (Å²) in [6, 6.07) is 16.8. The van der Waals surface area contributed by atoms with Gasteiger partial charge < -0.3 is 15.0 Å². The van der Waals surface area contributed by atoms with Gasteiger partial charge in [0.25, 0.3) is 0 Å². The van der Waals surface area contributed by atoms with Gasteiger partial charge in [-0.2, -0.15) is 0 Å². The van der Waals surface area contributed by atoms with Crippen LogP contribution in [-0.4, -0.2) is 28.0 Å². The van der Waals surface area contributed by atoms with Crippen LogP contribution in [0.4, 0.5) is 4.39 Å². The first-order chi connectivity index (χ1) is 15.2. The van der Waals surface area contributed by atoms with E-state index < -0.39 is 0 Å². The second-order valence-corrected chi connectivity index (χ2v) is 7.66. The van der Waals surface area contributed by atoms with Crippen LogP contribution in [0.15, 0.2) is 67.0 Å². The van der Waals surface area contributed by atoms with Gasteiger partial charge in [0.2, 0.25) is 0 Å². The quantitative estimate of drug-likeness (QED) is 0.466. The van der Waals surface area contributed by atoms with Crippen molar-refractivity contribution in [3.05, 3.63) is 84.1 Å². The molecule has 4 aromatic rings. The van der Waals surface area contributed by atoms with Crippen LogP contribution in [0.1, 0.15) is 30.7 Å². The third kappa shape index (κ3) is 3.94. The van der Waals surface area contributed by atoms with Crippen LogP contribution in [0.3, 0.4) is 0 Å². The molecule has 0 saturated heterocycles. The van der Waals surface area contributed by atoms with E-state index in [-0.39, 0.29) is 11.9 Å². The van der Waals surface area contributed by atoms with Crippen molar-refractivity contribution in [2.45, 2.75) is 19.4 Å². The van der Waals surface area contributed by atoms with Gasteiger partial charge in [0.05, 0.1) is 11.4 Å². The Morgan fingerprint density at radius 3 is 2.71 bits per heavy atom. The first kappa shape index (κ1) is 19.5. The average Bonchev–Trinajstić information content (AvgIpc) is 3.24. The minimum atomic E-state index is -0.347. The summed E-state index contributed by atoms with van der Waals surface area (Å²) in [5.74, 6) is 0.147. The predicted octanol–water partition coefficient (Wildman–Crippen LogP) is 5.28. The highest BCUT2D eigenvalue weighted by atomic mass is 19.1. The summed E-state index contributed by atoms with van der Waals surface area (Å²) < 4.78 is 21.0. The number of ether oxygens (including phenoxy) is 1. The minimum Gasteiger partial charge on any atom is -0.486 e. The van der Waals surface area contributed by atoms with Crippen molar-refractivity contribution in [1.29, 1.82) is 0 Å². The van der Waals surface area contributed by atoms with Gasteiger partial charge in [-0.05, 0) is 49.2 Å². The number of aromatic amines is 1. The maximum atomic E-state index is 15.0. The fourth-order valence-corrected chi connectivity index (χ4v) is 3.96. The van der Waals surface area contributed by atoms with Gasteiger partial charge in [-0.1, -0.05) is 36.4 Å². The number of nitrogens with zero attached hydrogens (tertiary/aromatic N) is 2. The minimum absolute atomic E-state index is 0.171. The molecule has 2 aromatic heterocycles. The fraction of sp³-hybridized carbons (Fsp3) is 0.200. The summed E-state index contributed by atoms with van der Waals surface area (Å²) in [6.07, 6.45) is 4.44. The molecular weight excluding hydrogens is 391 g/mol. The Balaban J connectivity index is 1.44. The van der Waals surface area contributed by atoms with E-state index in [2.05, 4.69) is 26.3 Å². The standard InChI is InChI=1S/C25H23FN4O/c1-16(17-5-3-2-4-6-17)31-19-7-8-20(22(26)13-19)23-14-21-24(18-9-11-27-12-10-18)28-15-29-25(21)30-23/h2-9,13-16,27H,10-12H2,1H3,(H,28,29,30). The van der Waals surface area contributed by atoms with E-state index in [1.165, 1.54) is 11.6 Å². The van der Waals surface area contributed by atoms with Crippen molar-refractivity contribution in [2.24, 2.45) is 0 Å². The van der Waals surface area contributed by atoms with Crippen LogP contribution in [0, 0.1) is 5.82 Å². The lowest BCUT2D eigenvalue weighted by Crippen LogP contribution is -2.20. The largest absolute Gasteiger partial charge is 0.486 e. The van der Waals surface area contributed by atoms with Crippen molar-refractivity contribution >= 4 is 16.6 Å². The van der Waals surface area contributed by atoms with Crippen molar-refractivity contribution < 1.29 is 9.13 Å². The highest BCUT2D eigenvalue weighted by molar-refractivity contribution is 5.92. The molecule has 0 radical (unpaired) electrons. The van der Waals surface area contributed by atoms with Crippen molar-refractivity contribution in [1.82, 2.24) is 20.3 Å². The third-order valence-corrected chi connectivity index (χ3v) is 5.61. The molecule has 6 heteroatoms. The Hall–Kier alpha value is -3.51. The zero-order valence-corrected chi connectivity index (χ0v) is 17.2. The molecule has 3 heterocycles. The van der Waals surface area contributed by atoms with E-state index in [0.717, 1.165) is 36.2 Å². The fourth-order valence-electron chi connectivity index (χ4n) is 3.96. The van der Waals surface area contributed by atoms with Crippen LogP contribution in [0.2, 0.25) is 0 Å². The molecule has 2 aromatic carbocycles. The Morgan fingerprint density at radius 1 is 1.06 bits per heavy atom. The van der Waals surface area contributed by atoms with Gasteiger partial charge in [-0.15, -0.1) is 0 Å². The van der Waals surface area contributed by atoms with Gasteiger partial charge in [-0.3, -0.25) is 0 Å². The zero-order chi connectivity index (χ0) is 21.2. The molecule has 0 amide bonds. The van der Waals surface area contributed by atoms with E-state index in [1.807, 2.05) is 43.3 Å². The number of nitrogens with one attached hydrogen (secondary N) is 2. The molecule has 1 aliphatic heterocycles. The van der Waals surface area contributed by atoms with Crippen molar-refractivity contribution in [3.8, 4) is 17.0 Å². The maximum absolute atomic E-state index is 15.0. The third-order valence-electron chi connectivity index (χ3n) is 5.61. The van der Waals surface area contributed by atoms with Crippen LogP contribution < -0.4 is 10.1 Å². The molecule has 0 aliphatic carbocycles. The molecule has 2 N–H and O–H groups in total. The van der Waals surface area contributed by atoms with Gasteiger partial charge in [-0.25, -0.2) is 14.4 Å². The Morgan fingerprint density at radius 2 is 1.94 bits per heavy atom. The summed E-state index contributed by atoms with van der Waals surface area (Å²) in [5, 5.41) is 4.22. The van der Waals surface area contributed by atoms with Crippen molar-refractivity contribution in [2.75, 3.05) is 13.1 Å². The lowest BCUT2D eigenvalue weighted by molar-refractivity contribution is 0.226. The molecule has 1 aliphatic rings. The summed E-state index contributed by atoms with van der Waals surface area (Å²) in [5.41, 5.74) is 4.99. The molecule has 0 saturated carbocycles. The van der Waals surface area contributed by atoms with Gasteiger partial charge >= 0.3 is 0 Å². The Labute approximate surface area is 180 Å². The second kappa shape index (κ2) is 8.32. The second-order valence-electron chi connectivity index (χ2n) is 7.66. The van der Waals surface area contributed by atoms with E-state index in [9.17, 15) is 0 Å². The van der Waals surface area contributed by atoms with Crippen LogP contribution in [0.5, 0.6) is 5.75 Å². The Kier molecular flexibility index (Phi) is 5.22. The lowest BCUT2D eigenvalue weighted by atomic mass is 10.0. The molecule has 1 atom stereocenters. The molecule has 156 valence electrons. The molecule has 0 spiro atoms. The topological polar surface area (TPSA) is 62.8 Å². The zero-order valence-electron chi connectivity index (χ0n) is 17.2. The molecular formula is C25H23FN4O. The molecule has 1 unspecified atom stereocenters. The van der Waals surface area contributed by atoms with E-state index >= 15 is 4.39 Å². The molecule has 5 rings (SSSR count). The number of hydrogen-bond donors (Lipinski definition) is 2. The molecule has 0 bridgehead atoms. The summed E-state index contributed by atoms with van der Waals surface area (Å²) in [4.78, 5) is 12.1. The van der Waals surface area contributed by atoms with Crippen LogP contribution in [0.25, 0.3) is 27.9 Å². The molecule has 31 heavy (non-hydrogen) atoms. The average molecular weight is 414 g/mol. The van der Waals surface area contributed by atoms with Crippen LogP contribution in [-0.2, 0) is 0 Å². The SMILES string of the molecule is CC(Oc1ccc(-c2cc3c(C4=CCNCC4)ncnc3[nH]2)c(F)c1)c1ccccc1. The van der Waals surface area contributed by atoms with Gasteiger partial charge in [0.15, 0.2) is 0 Å². The van der Waals surface area contributed by atoms with E-state index in [4.69, 9.17) is 4.74 Å². The number of rotatable bonds is 5. The molecule has 0 fully saturated rings. The van der Waals surface area contributed by atoms with Gasteiger partial charge in [0.1, 0.15) is 29.6 Å². The monoisotopic (exact) mass is 414 g/mol. The van der Waals surface area contributed by atoms with E-state index in [0.29, 0.717) is 22.7 Å². The van der Waals surface area contributed by atoms with Crippen molar-refractivity contribution in [3.63, 3.8) is 0 Å². The lowest BCUT2D eigenvalue weighted by Gasteiger charge is -2.15. The summed E-state index contributed by atoms with van der Waals surface area (Å²) in [6.45, 7) is 3.70. The number of halogens is 1. The number of H-pyrrole nitrogens is 1. The smallest absolute Gasteiger partial charge is 0.141 e. The van der Waals surface area contributed by atoms with Gasteiger partial charge in [0, 0.05) is 23.6 Å².